The number of hydrazone groups is 1. The Labute approximate surface area is 171 Å². The standard InChI is InChI=1S/C20H22BrN3O4/c1-12-4-5-13(2)16(8-12)23-18(25)6-7-19(26)24-22-11-14-9-15(21)20(27)17(10-14)28-3/h4-5,8-11,27H,6-7H2,1-3H3,(H,23,25)(H,24,26). The minimum absolute atomic E-state index is 0.0105. The zero-order valence-electron chi connectivity index (χ0n) is 15.9. The number of nitrogens with zero attached hydrogens (tertiary/aromatic N) is 1. The monoisotopic (exact) mass is 447 g/mol. The lowest BCUT2D eigenvalue weighted by atomic mass is 10.1. The third-order valence-corrected chi connectivity index (χ3v) is 4.52. The number of rotatable bonds is 7. The molecule has 0 aliphatic heterocycles. The Bertz CT molecular complexity index is 913. The number of carbonyl (C=O) groups is 2. The highest BCUT2D eigenvalue weighted by atomic mass is 79.9. The zero-order chi connectivity index (χ0) is 20.7. The molecular weight excluding hydrogens is 426 g/mol. The van der Waals surface area contributed by atoms with E-state index in [0.717, 1.165) is 16.8 Å². The summed E-state index contributed by atoms with van der Waals surface area (Å²) in [5, 5.41) is 16.4. The van der Waals surface area contributed by atoms with E-state index in [0.29, 0.717) is 10.0 Å². The third kappa shape index (κ3) is 6.09. The molecule has 2 amide bonds. The molecule has 2 rings (SSSR count). The second-order valence-corrected chi connectivity index (χ2v) is 7.07. The average Bonchev–Trinajstić information content (AvgIpc) is 2.65. The van der Waals surface area contributed by atoms with Gasteiger partial charge in [0.05, 0.1) is 17.8 Å². The van der Waals surface area contributed by atoms with Crippen molar-refractivity contribution in [1.29, 1.82) is 0 Å². The number of hydrogen-bond acceptors (Lipinski definition) is 5. The first-order valence-electron chi connectivity index (χ1n) is 8.55. The summed E-state index contributed by atoms with van der Waals surface area (Å²) in [6, 6.07) is 9.00. The molecule has 0 heterocycles. The number of carbonyl (C=O) groups excluding carboxylic acids is 2. The van der Waals surface area contributed by atoms with Crippen LogP contribution in [0, 0.1) is 13.8 Å². The number of benzene rings is 2. The number of phenols is 1. The van der Waals surface area contributed by atoms with Gasteiger partial charge < -0.3 is 15.2 Å². The van der Waals surface area contributed by atoms with E-state index in [-0.39, 0.29) is 36.2 Å². The summed E-state index contributed by atoms with van der Waals surface area (Å²) in [6.07, 6.45) is 1.48. The number of hydrogen-bond donors (Lipinski definition) is 3. The molecule has 3 N–H and O–H groups in total. The smallest absolute Gasteiger partial charge is 0.240 e. The maximum Gasteiger partial charge on any atom is 0.240 e. The molecule has 0 spiro atoms. The van der Waals surface area contributed by atoms with E-state index in [4.69, 9.17) is 4.74 Å². The molecule has 0 aromatic heterocycles. The number of ether oxygens (including phenoxy) is 1. The van der Waals surface area contributed by atoms with E-state index >= 15 is 0 Å². The lowest BCUT2D eigenvalue weighted by Crippen LogP contribution is -2.21. The Balaban J connectivity index is 1.84. The van der Waals surface area contributed by atoms with E-state index in [1.807, 2.05) is 32.0 Å². The van der Waals surface area contributed by atoms with Crippen LogP contribution in [-0.2, 0) is 9.59 Å². The van der Waals surface area contributed by atoms with Gasteiger partial charge in [0.15, 0.2) is 11.5 Å². The fourth-order valence-electron chi connectivity index (χ4n) is 2.37. The quantitative estimate of drug-likeness (QED) is 0.445. The van der Waals surface area contributed by atoms with Crippen molar-refractivity contribution in [1.82, 2.24) is 5.43 Å². The van der Waals surface area contributed by atoms with Crippen molar-refractivity contribution < 1.29 is 19.4 Å². The van der Waals surface area contributed by atoms with Crippen LogP contribution in [0.4, 0.5) is 5.69 Å². The summed E-state index contributed by atoms with van der Waals surface area (Å²) in [6.45, 7) is 3.86. The fraction of sp³-hybridized carbons (Fsp3) is 0.250. The Kier molecular flexibility index (Phi) is 7.57. The molecule has 148 valence electrons. The molecule has 28 heavy (non-hydrogen) atoms. The van der Waals surface area contributed by atoms with E-state index in [1.165, 1.54) is 13.3 Å². The van der Waals surface area contributed by atoms with Gasteiger partial charge in [-0.05, 0) is 64.7 Å². The van der Waals surface area contributed by atoms with Gasteiger partial charge in [0, 0.05) is 18.5 Å². The molecule has 0 aliphatic rings. The van der Waals surface area contributed by atoms with Crippen LogP contribution >= 0.6 is 15.9 Å². The zero-order valence-corrected chi connectivity index (χ0v) is 17.5. The molecule has 0 bridgehead atoms. The molecule has 0 atom stereocenters. The topological polar surface area (TPSA) is 100 Å². The van der Waals surface area contributed by atoms with E-state index in [1.54, 1.807) is 12.1 Å². The van der Waals surface area contributed by atoms with Crippen molar-refractivity contribution >= 4 is 39.6 Å². The molecule has 2 aromatic carbocycles. The molecular formula is C20H22BrN3O4. The number of halogens is 1. The summed E-state index contributed by atoms with van der Waals surface area (Å²) in [5.41, 5.74) is 5.75. The first kappa shape index (κ1) is 21.4. The van der Waals surface area contributed by atoms with Crippen LogP contribution in [0.25, 0.3) is 0 Å². The summed E-state index contributed by atoms with van der Waals surface area (Å²) in [5.74, 6) is -0.346. The normalized spacial score (nSPS) is 10.7. The molecule has 0 saturated heterocycles. The van der Waals surface area contributed by atoms with Gasteiger partial charge >= 0.3 is 0 Å². The van der Waals surface area contributed by atoms with Crippen molar-refractivity contribution in [2.24, 2.45) is 5.10 Å². The van der Waals surface area contributed by atoms with Crippen molar-refractivity contribution in [2.45, 2.75) is 26.7 Å². The van der Waals surface area contributed by atoms with Crippen molar-refractivity contribution in [3.8, 4) is 11.5 Å². The van der Waals surface area contributed by atoms with Gasteiger partial charge in [0.2, 0.25) is 11.8 Å². The van der Waals surface area contributed by atoms with Gasteiger partial charge in [0.25, 0.3) is 0 Å². The fourth-order valence-corrected chi connectivity index (χ4v) is 2.83. The number of nitrogens with one attached hydrogen (secondary N) is 2. The predicted octanol–water partition coefficient (Wildman–Crippen LogP) is 3.65. The molecule has 8 heteroatoms. The largest absolute Gasteiger partial charge is 0.503 e. The number of phenolic OH excluding ortho intramolecular Hbond substituents is 1. The molecule has 0 unspecified atom stereocenters. The van der Waals surface area contributed by atoms with Crippen LogP contribution in [0.3, 0.4) is 0 Å². The minimum atomic E-state index is -0.378. The maximum absolute atomic E-state index is 12.0. The Morgan fingerprint density at radius 3 is 2.61 bits per heavy atom. The number of amides is 2. The SMILES string of the molecule is COc1cc(C=NNC(=O)CCC(=O)Nc2cc(C)ccc2C)cc(Br)c1O. The van der Waals surface area contributed by atoms with Crippen LogP contribution in [0.15, 0.2) is 39.9 Å². The lowest BCUT2D eigenvalue weighted by molar-refractivity contribution is -0.124. The van der Waals surface area contributed by atoms with Crippen LogP contribution in [0.5, 0.6) is 11.5 Å². The van der Waals surface area contributed by atoms with Gasteiger partial charge in [-0.2, -0.15) is 5.10 Å². The average molecular weight is 448 g/mol. The molecule has 0 saturated carbocycles. The maximum atomic E-state index is 12.0. The number of anilines is 1. The van der Waals surface area contributed by atoms with Gasteiger partial charge in [-0.25, -0.2) is 5.43 Å². The number of methoxy groups -OCH3 is 1. The highest BCUT2D eigenvalue weighted by Crippen LogP contribution is 2.34. The molecule has 0 radical (unpaired) electrons. The summed E-state index contributed by atoms with van der Waals surface area (Å²) in [4.78, 5) is 23.9. The number of aromatic hydroxyl groups is 1. The highest BCUT2D eigenvalue weighted by Gasteiger charge is 2.09. The molecule has 2 aromatic rings. The highest BCUT2D eigenvalue weighted by molar-refractivity contribution is 9.10. The van der Waals surface area contributed by atoms with Crippen LogP contribution in [-0.4, -0.2) is 30.2 Å². The molecule has 0 fully saturated rings. The van der Waals surface area contributed by atoms with Crippen molar-refractivity contribution in [3.05, 3.63) is 51.5 Å². The third-order valence-electron chi connectivity index (χ3n) is 3.92. The van der Waals surface area contributed by atoms with Crippen LogP contribution < -0.4 is 15.5 Å². The first-order valence-corrected chi connectivity index (χ1v) is 9.35. The molecule has 0 aliphatic carbocycles. The minimum Gasteiger partial charge on any atom is -0.503 e. The van der Waals surface area contributed by atoms with Gasteiger partial charge in [0.1, 0.15) is 0 Å². The molecule has 7 nitrogen and oxygen atoms in total. The van der Waals surface area contributed by atoms with E-state index in [2.05, 4.69) is 31.8 Å². The van der Waals surface area contributed by atoms with Crippen molar-refractivity contribution in [3.63, 3.8) is 0 Å². The second-order valence-electron chi connectivity index (χ2n) is 6.21. The Morgan fingerprint density at radius 2 is 1.89 bits per heavy atom. The predicted molar refractivity (Wildman–Crippen MR) is 112 cm³/mol. The van der Waals surface area contributed by atoms with Crippen LogP contribution in [0.2, 0.25) is 0 Å². The summed E-state index contributed by atoms with van der Waals surface area (Å²) in [7, 11) is 1.44. The Hall–Kier alpha value is -2.87. The van der Waals surface area contributed by atoms with Gasteiger partial charge in [-0.1, -0.05) is 12.1 Å². The number of aryl methyl sites for hydroxylation is 2. The first-order chi connectivity index (χ1) is 13.3. The second kappa shape index (κ2) is 9.89. The van der Waals surface area contributed by atoms with Gasteiger partial charge in [-0.3, -0.25) is 9.59 Å². The van der Waals surface area contributed by atoms with Crippen LogP contribution in [0.1, 0.15) is 29.5 Å². The summed E-state index contributed by atoms with van der Waals surface area (Å²) >= 11 is 3.21. The van der Waals surface area contributed by atoms with Gasteiger partial charge in [-0.15, -0.1) is 0 Å². The van der Waals surface area contributed by atoms with E-state index in [9.17, 15) is 14.7 Å². The van der Waals surface area contributed by atoms with E-state index < -0.39 is 0 Å². The summed E-state index contributed by atoms with van der Waals surface area (Å²) < 4.78 is 5.50. The Morgan fingerprint density at radius 1 is 1.18 bits per heavy atom. The van der Waals surface area contributed by atoms with Crippen molar-refractivity contribution in [2.75, 3.05) is 12.4 Å². The lowest BCUT2D eigenvalue weighted by Gasteiger charge is -2.09.